The number of nitrogens with zero attached hydrogens (tertiary/aromatic N) is 6. The summed E-state index contributed by atoms with van der Waals surface area (Å²) in [5.74, 6) is -1.11. The molecule has 0 atom stereocenters. The number of nitrogens with two attached hydrogens (primary N) is 2. The van der Waals surface area contributed by atoms with Crippen molar-refractivity contribution in [3.05, 3.63) is 48.0 Å². The summed E-state index contributed by atoms with van der Waals surface area (Å²) in [6.07, 6.45) is -0.399. The van der Waals surface area contributed by atoms with Crippen LogP contribution in [0.15, 0.2) is 36.9 Å². The van der Waals surface area contributed by atoms with Crippen molar-refractivity contribution in [3.8, 4) is 22.6 Å². The second kappa shape index (κ2) is 6.62. The van der Waals surface area contributed by atoms with Gasteiger partial charge in [0.1, 0.15) is 17.7 Å². The van der Waals surface area contributed by atoms with Gasteiger partial charge in [-0.15, -0.1) is 0 Å². The third-order valence-corrected chi connectivity index (χ3v) is 4.23. The molecule has 0 spiro atoms. The maximum Gasteiger partial charge on any atom is 0.422 e. The van der Waals surface area contributed by atoms with E-state index in [0.29, 0.717) is 16.8 Å². The highest BCUT2D eigenvalue weighted by Crippen LogP contribution is 2.41. The highest BCUT2D eigenvalue weighted by Gasteiger charge is 2.38. The molecule has 4 N–H and O–H groups in total. The van der Waals surface area contributed by atoms with Crippen molar-refractivity contribution in [2.45, 2.75) is 13.1 Å². The van der Waals surface area contributed by atoms with Crippen LogP contribution in [0.5, 0.6) is 0 Å². The van der Waals surface area contributed by atoms with E-state index in [1.54, 1.807) is 18.3 Å². The van der Waals surface area contributed by atoms with Gasteiger partial charge in [0, 0.05) is 23.3 Å². The van der Waals surface area contributed by atoms with Crippen LogP contribution in [0.1, 0.15) is 11.1 Å². The first-order valence-electron chi connectivity index (χ1n) is 8.29. The van der Waals surface area contributed by atoms with Gasteiger partial charge in [0.2, 0.25) is 5.95 Å². The molecule has 11 heteroatoms. The van der Waals surface area contributed by atoms with Gasteiger partial charge < -0.3 is 11.5 Å². The molecule has 0 saturated carbocycles. The zero-order chi connectivity index (χ0) is 20.8. The Morgan fingerprint density at radius 1 is 0.931 bits per heavy atom. The lowest BCUT2D eigenvalue weighted by atomic mass is 10.0. The number of rotatable bonds is 2. The number of aromatic nitrogens is 6. The number of fused-ring (bicyclic) bond motifs is 1. The van der Waals surface area contributed by atoms with Crippen LogP contribution < -0.4 is 11.5 Å². The summed E-state index contributed by atoms with van der Waals surface area (Å²) in [5.41, 5.74) is 11.8. The van der Waals surface area contributed by atoms with Crippen molar-refractivity contribution in [2.24, 2.45) is 0 Å². The molecule has 0 aliphatic carbocycles. The number of alkyl halides is 3. The van der Waals surface area contributed by atoms with Crippen molar-refractivity contribution >= 4 is 22.8 Å². The van der Waals surface area contributed by atoms with Crippen molar-refractivity contribution in [3.63, 3.8) is 0 Å². The smallest absolute Gasteiger partial charge is 0.383 e. The van der Waals surface area contributed by atoms with Crippen LogP contribution in [-0.4, -0.2) is 29.9 Å². The summed E-state index contributed by atoms with van der Waals surface area (Å²) in [4.78, 5) is 24.0. The van der Waals surface area contributed by atoms with Gasteiger partial charge in [-0.2, -0.15) is 18.2 Å². The molecule has 0 aliphatic rings. The predicted molar refractivity (Wildman–Crippen MR) is 100 cm³/mol. The first-order valence-corrected chi connectivity index (χ1v) is 8.29. The van der Waals surface area contributed by atoms with Gasteiger partial charge >= 0.3 is 6.18 Å². The molecule has 0 radical (unpaired) electrons. The molecule has 0 amide bonds. The van der Waals surface area contributed by atoms with Gasteiger partial charge in [0.15, 0.2) is 5.65 Å². The number of nitrogen functional groups attached to an aromatic ring is 2. The summed E-state index contributed by atoms with van der Waals surface area (Å²) in [7, 11) is 0. The van der Waals surface area contributed by atoms with Crippen LogP contribution in [0.25, 0.3) is 33.7 Å². The molecule has 4 aromatic rings. The molecule has 0 saturated heterocycles. The number of aryl methyl sites for hydroxylation is 1. The maximum atomic E-state index is 13.6. The third kappa shape index (κ3) is 3.26. The van der Waals surface area contributed by atoms with Crippen LogP contribution in [0.4, 0.5) is 24.9 Å². The lowest BCUT2D eigenvalue weighted by Crippen LogP contribution is -2.15. The molecular weight excluding hydrogens is 385 g/mol. The minimum Gasteiger partial charge on any atom is -0.383 e. The van der Waals surface area contributed by atoms with Crippen molar-refractivity contribution in [2.75, 3.05) is 11.5 Å². The van der Waals surface area contributed by atoms with E-state index in [-0.39, 0.29) is 17.2 Å². The van der Waals surface area contributed by atoms with E-state index >= 15 is 0 Å². The summed E-state index contributed by atoms with van der Waals surface area (Å²) >= 11 is 0. The average Bonchev–Trinajstić information content (AvgIpc) is 2.65. The molecule has 0 aromatic carbocycles. The zero-order valence-electron chi connectivity index (χ0n) is 14.9. The van der Waals surface area contributed by atoms with Gasteiger partial charge in [-0.25, -0.2) is 24.9 Å². The van der Waals surface area contributed by atoms with Crippen LogP contribution in [-0.2, 0) is 6.18 Å². The first-order chi connectivity index (χ1) is 13.8. The standard InChI is InChI=1S/C18H13F3N8/c1-8-6-24-7-26-13(8)11-3-2-10-9(4-5-25-16(10)27-11)14-12(18(19,20)21)15(22)29-17(23)28-14/h2-7H,1H3,(H4,22,23,28,29). The minimum absolute atomic E-state index is 0.140. The summed E-state index contributed by atoms with van der Waals surface area (Å²) in [6, 6.07) is 4.65. The third-order valence-electron chi connectivity index (χ3n) is 4.23. The van der Waals surface area contributed by atoms with Crippen molar-refractivity contribution in [1.82, 2.24) is 29.9 Å². The van der Waals surface area contributed by atoms with Crippen LogP contribution in [0.3, 0.4) is 0 Å². The molecular formula is C18H13F3N8. The van der Waals surface area contributed by atoms with Gasteiger partial charge in [0.05, 0.1) is 17.1 Å². The highest BCUT2D eigenvalue weighted by atomic mass is 19.4. The molecule has 0 aliphatic heterocycles. The maximum absolute atomic E-state index is 13.6. The van der Waals surface area contributed by atoms with Crippen LogP contribution in [0.2, 0.25) is 0 Å². The lowest BCUT2D eigenvalue weighted by molar-refractivity contribution is -0.136. The van der Waals surface area contributed by atoms with E-state index in [2.05, 4.69) is 29.9 Å². The second-order valence-corrected chi connectivity index (χ2v) is 6.17. The molecule has 0 bridgehead atoms. The molecule has 29 heavy (non-hydrogen) atoms. The number of hydrogen-bond donors (Lipinski definition) is 2. The number of anilines is 2. The Labute approximate surface area is 161 Å². The fraction of sp³-hybridized carbons (Fsp3) is 0.111. The SMILES string of the molecule is Cc1cncnc1-c1ccc2c(-c3nc(N)nc(N)c3C(F)(F)F)ccnc2n1. The number of halogens is 3. The van der Waals surface area contributed by atoms with Gasteiger partial charge in [-0.05, 0) is 30.7 Å². The minimum atomic E-state index is -4.77. The van der Waals surface area contributed by atoms with E-state index in [1.165, 1.54) is 18.6 Å². The second-order valence-electron chi connectivity index (χ2n) is 6.17. The Kier molecular flexibility index (Phi) is 4.22. The van der Waals surface area contributed by atoms with E-state index in [9.17, 15) is 13.2 Å². The zero-order valence-corrected chi connectivity index (χ0v) is 14.9. The van der Waals surface area contributed by atoms with Crippen molar-refractivity contribution < 1.29 is 13.2 Å². The average molecular weight is 398 g/mol. The fourth-order valence-corrected chi connectivity index (χ4v) is 3.01. The quantitative estimate of drug-likeness (QED) is 0.527. The first kappa shape index (κ1) is 18.5. The summed E-state index contributed by atoms with van der Waals surface area (Å²) in [6.45, 7) is 1.83. The Morgan fingerprint density at radius 3 is 2.45 bits per heavy atom. The number of pyridine rings is 2. The van der Waals surface area contributed by atoms with Gasteiger partial charge in [0.25, 0.3) is 0 Å². The van der Waals surface area contributed by atoms with E-state index < -0.39 is 23.3 Å². The molecule has 4 heterocycles. The normalized spacial score (nSPS) is 11.7. The Balaban J connectivity index is 1.97. The highest BCUT2D eigenvalue weighted by molar-refractivity contribution is 5.94. The van der Waals surface area contributed by atoms with E-state index in [1.807, 2.05) is 6.92 Å². The Bertz CT molecular complexity index is 1240. The molecule has 0 unspecified atom stereocenters. The molecule has 4 aromatic heterocycles. The largest absolute Gasteiger partial charge is 0.422 e. The van der Waals surface area contributed by atoms with Crippen LogP contribution >= 0.6 is 0 Å². The van der Waals surface area contributed by atoms with Gasteiger partial charge in [-0.3, -0.25) is 0 Å². The topological polar surface area (TPSA) is 129 Å². The fourth-order valence-electron chi connectivity index (χ4n) is 3.01. The summed E-state index contributed by atoms with van der Waals surface area (Å²) < 4.78 is 40.8. The van der Waals surface area contributed by atoms with Crippen molar-refractivity contribution in [1.29, 1.82) is 0 Å². The molecule has 4 rings (SSSR count). The molecule has 8 nitrogen and oxygen atoms in total. The van der Waals surface area contributed by atoms with Crippen LogP contribution in [0, 0.1) is 6.92 Å². The van der Waals surface area contributed by atoms with Gasteiger partial charge in [-0.1, -0.05) is 0 Å². The molecule has 0 fully saturated rings. The lowest BCUT2D eigenvalue weighted by Gasteiger charge is -2.15. The Morgan fingerprint density at radius 2 is 1.72 bits per heavy atom. The van der Waals surface area contributed by atoms with E-state index in [4.69, 9.17) is 11.5 Å². The summed E-state index contributed by atoms with van der Waals surface area (Å²) in [5, 5.41) is 0.353. The monoisotopic (exact) mass is 398 g/mol. The Hall–Kier alpha value is -3.89. The molecule has 146 valence electrons. The van der Waals surface area contributed by atoms with E-state index in [0.717, 1.165) is 5.56 Å². The number of hydrogen-bond acceptors (Lipinski definition) is 8. The predicted octanol–water partition coefficient (Wildman–Crippen LogP) is 3.04.